The van der Waals surface area contributed by atoms with Crippen LogP contribution in [0.4, 0.5) is 0 Å². The first-order valence-corrected chi connectivity index (χ1v) is 13.4. The van der Waals surface area contributed by atoms with E-state index in [0.717, 1.165) is 31.2 Å². The van der Waals surface area contributed by atoms with E-state index in [2.05, 4.69) is 30.3 Å². The third kappa shape index (κ3) is 5.83. The molecule has 0 bridgehead atoms. The summed E-state index contributed by atoms with van der Waals surface area (Å²) in [6, 6.07) is 17.9. The number of sulfonamides is 1. The van der Waals surface area contributed by atoms with E-state index < -0.39 is 10.0 Å². The van der Waals surface area contributed by atoms with E-state index in [1.807, 2.05) is 24.1 Å². The maximum Gasteiger partial charge on any atom is 0.243 e. The van der Waals surface area contributed by atoms with Gasteiger partial charge in [0.1, 0.15) is 0 Å². The van der Waals surface area contributed by atoms with Gasteiger partial charge in [-0.2, -0.15) is 4.31 Å². The molecule has 1 heterocycles. The Kier molecular flexibility index (Phi) is 7.83. The van der Waals surface area contributed by atoms with Crippen LogP contribution in [0.2, 0.25) is 0 Å². The molecule has 0 radical (unpaired) electrons. The number of carbonyl (C=O) groups excluding carboxylic acids is 1. The van der Waals surface area contributed by atoms with Gasteiger partial charge >= 0.3 is 0 Å². The average Bonchev–Trinajstić information content (AvgIpc) is 2.88. The van der Waals surface area contributed by atoms with Gasteiger partial charge in [-0.25, -0.2) is 8.42 Å². The Morgan fingerprint density at radius 3 is 2.24 bits per heavy atom. The number of nitrogens with zero attached hydrogens (tertiary/aromatic N) is 2. The van der Waals surface area contributed by atoms with Crippen LogP contribution < -0.4 is 0 Å². The second-order valence-corrected chi connectivity index (χ2v) is 11.0. The Labute approximate surface area is 197 Å². The molecule has 0 spiro atoms. The molecule has 1 saturated heterocycles. The maximum absolute atomic E-state index is 12.8. The number of hydrogen-bond acceptors (Lipinski definition) is 4. The van der Waals surface area contributed by atoms with Crippen LogP contribution in [0, 0.1) is 0 Å². The Morgan fingerprint density at radius 1 is 0.970 bits per heavy atom. The molecule has 2 fully saturated rings. The molecule has 0 atom stereocenters. The molecule has 6 nitrogen and oxygen atoms in total. The van der Waals surface area contributed by atoms with Crippen molar-refractivity contribution < 1.29 is 17.9 Å². The van der Waals surface area contributed by atoms with Crippen molar-refractivity contribution in [1.82, 2.24) is 9.21 Å². The molecule has 2 aliphatic rings. The lowest BCUT2D eigenvalue weighted by Crippen LogP contribution is -2.40. The van der Waals surface area contributed by atoms with Gasteiger partial charge in [0.05, 0.1) is 18.1 Å². The zero-order valence-electron chi connectivity index (χ0n) is 19.4. The molecule has 0 unspecified atom stereocenters. The quantitative estimate of drug-likeness (QED) is 0.617. The third-order valence-corrected chi connectivity index (χ3v) is 8.98. The fraction of sp³-hybridized carbons (Fsp3) is 0.500. The molecule has 7 heteroatoms. The first kappa shape index (κ1) is 23.9. The number of carbonyl (C=O) groups is 1. The lowest BCUT2D eigenvalue weighted by atomic mass is 9.81. The van der Waals surface area contributed by atoms with Crippen LogP contribution in [-0.2, 0) is 26.0 Å². The first-order valence-electron chi connectivity index (χ1n) is 11.9. The number of rotatable bonds is 7. The SMILES string of the molecule is CN(C(=O)CCc1ccc(S(=O)(=O)N2CCOCC2)cc1)C1CCC(c2ccccc2)CC1. The van der Waals surface area contributed by atoms with E-state index in [1.165, 1.54) is 9.87 Å². The summed E-state index contributed by atoms with van der Waals surface area (Å²) in [4.78, 5) is 15.0. The Balaban J connectivity index is 1.26. The average molecular weight is 471 g/mol. The minimum absolute atomic E-state index is 0.156. The summed E-state index contributed by atoms with van der Waals surface area (Å²) in [7, 11) is -1.56. The monoisotopic (exact) mass is 470 g/mol. The van der Waals surface area contributed by atoms with Crippen molar-refractivity contribution in [3.63, 3.8) is 0 Å². The van der Waals surface area contributed by atoms with Crippen molar-refractivity contribution >= 4 is 15.9 Å². The predicted molar refractivity (Wildman–Crippen MR) is 129 cm³/mol. The molecule has 4 rings (SSSR count). The largest absolute Gasteiger partial charge is 0.379 e. The molecule has 33 heavy (non-hydrogen) atoms. The molecule has 1 aliphatic carbocycles. The van der Waals surface area contributed by atoms with Crippen LogP contribution in [-0.4, -0.2) is 62.9 Å². The predicted octanol–water partition coefficient (Wildman–Crippen LogP) is 3.82. The summed E-state index contributed by atoms with van der Waals surface area (Å²) in [5, 5.41) is 0. The van der Waals surface area contributed by atoms with Gasteiger partial charge in [0.15, 0.2) is 0 Å². The second-order valence-electron chi connectivity index (χ2n) is 9.08. The summed E-state index contributed by atoms with van der Waals surface area (Å²) in [6.07, 6.45) is 5.35. The van der Waals surface area contributed by atoms with Gasteiger partial charge in [-0.05, 0) is 61.3 Å². The number of ether oxygens (including phenoxy) is 1. The van der Waals surface area contributed by atoms with E-state index in [4.69, 9.17) is 4.74 Å². The molecular weight excluding hydrogens is 436 g/mol. The van der Waals surface area contributed by atoms with E-state index >= 15 is 0 Å². The summed E-state index contributed by atoms with van der Waals surface area (Å²) in [6.45, 7) is 1.64. The molecular formula is C26H34N2O4S. The lowest BCUT2D eigenvalue weighted by Gasteiger charge is -2.35. The maximum atomic E-state index is 12.8. The molecule has 1 aliphatic heterocycles. The zero-order valence-corrected chi connectivity index (χ0v) is 20.2. The number of benzene rings is 2. The van der Waals surface area contributed by atoms with E-state index in [9.17, 15) is 13.2 Å². The minimum atomic E-state index is -3.48. The van der Waals surface area contributed by atoms with E-state index in [0.29, 0.717) is 56.0 Å². The highest BCUT2D eigenvalue weighted by Crippen LogP contribution is 2.34. The van der Waals surface area contributed by atoms with Crippen LogP contribution in [0.3, 0.4) is 0 Å². The zero-order chi connectivity index (χ0) is 23.3. The van der Waals surface area contributed by atoms with Crippen LogP contribution >= 0.6 is 0 Å². The lowest BCUT2D eigenvalue weighted by molar-refractivity contribution is -0.132. The minimum Gasteiger partial charge on any atom is -0.379 e. The summed E-state index contributed by atoms with van der Waals surface area (Å²) >= 11 is 0. The van der Waals surface area contributed by atoms with Gasteiger partial charge in [0.25, 0.3) is 0 Å². The third-order valence-electron chi connectivity index (χ3n) is 7.07. The van der Waals surface area contributed by atoms with Crippen molar-refractivity contribution in [1.29, 1.82) is 0 Å². The Morgan fingerprint density at radius 2 is 1.61 bits per heavy atom. The van der Waals surface area contributed by atoms with Crippen molar-refractivity contribution in [2.75, 3.05) is 33.4 Å². The summed E-state index contributed by atoms with van der Waals surface area (Å²) < 4.78 is 32.2. The number of morpholine rings is 1. The molecule has 1 saturated carbocycles. The summed E-state index contributed by atoms with van der Waals surface area (Å²) in [5.74, 6) is 0.751. The fourth-order valence-electron chi connectivity index (χ4n) is 4.92. The Hall–Kier alpha value is -2.22. The Bertz CT molecular complexity index is 1010. The van der Waals surface area contributed by atoms with Gasteiger partial charge < -0.3 is 9.64 Å². The van der Waals surface area contributed by atoms with Crippen molar-refractivity contribution in [2.45, 2.75) is 55.4 Å². The van der Waals surface area contributed by atoms with Crippen molar-refractivity contribution in [2.24, 2.45) is 0 Å². The first-order chi connectivity index (χ1) is 15.9. The van der Waals surface area contributed by atoms with Crippen molar-refractivity contribution in [3.05, 3.63) is 65.7 Å². The van der Waals surface area contributed by atoms with Gasteiger partial charge in [-0.1, -0.05) is 42.5 Å². The molecule has 1 amide bonds. The van der Waals surface area contributed by atoms with Gasteiger partial charge in [0, 0.05) is 32.6 Å². The van der Waals surface area contributed by atoms with Gasteiger partial charge in [-0.3, -0.25) is 4.79 Å². The van der Waals surface area contributed by atoms with E-state index in [1.54, 1.807) is 12.1 Å². The second kappa shape index (κ2) is 10.8. The molecule has 0 aromatic heterocycles. The number of hydrogen-bond donors (Lipinski definition) is 0. The standard InChI is InChI=1S/C26H34N2O4S/c1-27(24-12-10-23(11-13-24)22-5-3-2-4-6-22)26(29)16-9-21-7-14-25(15-8-21)33(30,31)28-17-19-32-20-18-28/h2-8,14-15,23-24H,9-13,16-20H2,1H3. The van der Waals surface area contributed by atoms with E-state index in [-0.39, 0.29) is 5.91 Å². The van der Waals surface area contributed by atoms with Gasteiger partial charge in [-0.15, -0.1) is 0 Å². The van der Waals surface area contributed by atoms with Crippen LogP contribution in [0.5, 0.6) is 0 Å². The summed E-state index contributed by atoms with van der Waals surface area (Å²) in [5.41, 5.74) is 2.38. The molecule has 0 N–H and O–H groups in total. The normalized spacial score (nSPS) is 22.1. The topological polar surface area (TPSA) is 66.9 Å². The highest BCUT2D eigenvalue weighted by molar-refractivity contribution is 7.89. The van der Waals surface area contributed by atoms with Crippen LogP contribution in [0.1, 0.15) is 49.1 Å². The number of amides is 1. The molecule has 178 valence electrons. The highest BCUT2D eigenvalue weighted by atomic mass is 32.2. The fourth-order valence-corrected chi connectivity index (χ4v) is 6.32. The van der Waals surface area contributed by atoms with Crippen LogP contribution in [0.25, 0.3) is 0 Å². The van der Waals surface area contributed by atoms with Gasteiger partial charge in [0.2, 0.25) is 15.9 Å². The molecule has 2 aromatic carbocycles. The number of aryl methyl sites for hydroxylation is 1. The highest BCUT2D eigenvalue weighted by Gasteiger charge is 2.28. The van der Waals surface area contributed by atoms with Crippen molar-refractivity contribution in [3.8, 4) is 0 Å². The molecule has 2 aromatic rings. The smallest absolute Gasteiger partial charge is 0.243 e. The van der Waals surface area contributed by atoms with Crippen LogP contribution in [0.15, 0.2) is 59.5 Å².